The van der Waals surface area contributed by atoms with Crippen LogP contribution in [0.3, 0.4) is 0 Å². The van der Waals surface area contributed by atoms with Crippen LogP contribution < -0.4 is 5.56 Å². The SMILES string of the molecule is C=CCc1cc(C)c2c(=O)n(-c3ccccc3)c(=S)[nH]c2n1. The third kappa shape index (κ3) is 2.40. The molecule has 0 saturated heterocycles. The molecule has 5 heteroatoms. The van der Waals surface area contributed by atoms with Crippen LogP contribution in [0.15, 0.2) is 53.8 Å². The van der Waals surface area contributed by atoms with E-state index in [2.05, 4.69) is 16.5 Å². The molecule has 2 heterocycles. The minimum absolute atomic E-state index is 0.153. The molecular formula is C17H15N3OS. The van der Waals surface area contributed by atoms with Crippen molar-refractivity contribution in [2.24, 2.45) is 0 Å². The Hall–Kier alpha value is -2.53. The van der Waals surface area contributed by atoms with Crippen molar-refractivity contribution in [1.29, 1.82) is 0 Å². The maximum absolute atomic E-state index is 12.9. The number of nitrogens with zero attached hydrogens (tertiary/aromatic N) is 2. The number of allylic oxidation sites excluding steroid dienone is 1. The van der Waals surface area contributed by atoms with Gasteiger partial charge in [0.25, 0.3) is 5.56 Å². The molecule has 2 aromatic heterocycles. The number of rotatable bonds is 3. The minimum Gasteiger partial charge on any atom is -0.316 e. The van der Waals surface area contributed by atoms with E-state index in [0.717, 1.165) is 16.9 Å². The van der Waals surface area contributed by atoms with Crippen molar-refractivity contribution in [1.82, 2.24) is 14.5 Å². The molecule has 0 aliphatic rings. The molecule has 4 nitrogen and oxygen atoms in total. The monoisotopic (exact) mass is 309 g/mol. The number of aryl methyl sites for hydroxylation is 1. The third-order valence-electron chi connectivity index (χ3n) is 3.48. The summed E-state index contributed by atoms with van der Waals surface area (Å²) in [5, 5.41) is 0.560. The Morgan fingerprint density at radius 2 is 2.09 bits per heavy atom. The quantitative estimate of drug-likeness (QED) is 0.595. The van der Waals surface area contributed by atoms with Crippen molar-refractivity contribution in [3.05, 3.63) is 75.4 Å². The summed E-state index contributed by atoms with van der Waals surface area (Å²) in [6.07, 6.45) is 2.44. The molecule has 0 spiro atoms. The number of fused-ring (bicyclic) bond motifs is 1. The maximum atomic E-state index is 12.9. The van der Waals surface area contributed by atoms with Crippen molar-refractivity contribution in [3.63, 3.8) is 0 Å². The first-order chi connectivity index (χ1) is 10.6. The number of H-pyrrole nitrogens is 1. The third-order valence-corrected chi connectivity index (χ3v) is 3.77. The molecule has 0 atom stereocenters. The van der Waals surface area contributed by atoms with Crippen LogP contribution >= 0.6 is 12.2 Å². The van der Waals surface area contributed by atoms with Crippen LogP contribution in [0, 0.1) is 11.7 Å². The van der Waals surface area contributed by atoms with Gasteiger partial charge < -0.3 is 4.98 Å². The molecule has 0 fully saturated rings. The van der Waals surface area contributed by atoms with Crippen LogP contribution in [0.4, 0.5) is 0 Å². The Bertz CT molecular complexity index is 971. The first kappa shape index (κ1) is 14.4. The molecule has 0 amide bonds. The van der Waals surface area contributed by atoms with E-state index in [4.69, 9.17) is 12.2 Å². The summed E-state index contributed by atoms with van der Waals surface area (Å²) in [6.45, 7) is 5.62. The van der Waals surface area contributed by atoms with Crippen molar-refractivity contribution >= 4 is 23.3 Å². The van der Waals surface area contributed by atoms with Crippen molar-refractivity contribution in [2.45, 2.75) is 13.3 Å². The zero-order valence-electron chi connectivity index (χ0n) is 12.2. The molecule has 0 radical (unpaired) electrons. The zero-order valence-corrected chi connectivity index (χ0v) is 13.0. The van der Waals surface area contributed by atoms with E-state index >= 15 is 0 Å². The van der Waals surface area contributed by atoms with Gasteiger partial charge in [-0.2, -0.15) is 0 Å². The van der Waals surface area contributed by atoms with Crippen LogP contribution in [-0.2, 0) is 6.42 Å². The predicted octanol–water partition coefficient (Wildman–Crippen LogP) is 3.48. The number of pyridine rings is 1. The number of hydrogen-bond donors (Lipinski definition) is 1. The van der Waals surface area contributed by atoms with Gasteiger partial charge in [-0.05, 0) is 42.9 Å². The lowest BCUT2D eigenvalue weighted by Crippen LogP contribution is -2.22. The minimum atomic E-state index is -0.153. The summed E-state index contributed by atoms with van der Waals surface area (Å²) in [4.78, 5) is 20.4. The van der Waals surface area contributed by atoms with Gasteiger partial charge in [0, 0.05) is 12.1 Å². The highest BCUT2D eigenvalue weighted by Crippen LogP contribution is 2.15. The lowest BCUT2D eigenvalue weighted by atomic mass is 10.1. The maximum Gasteiger partial charge on any atom is 0.268 e. The van der Waals surface area contributed by atoms with Crippen molar-refractivity contribution in [2.75, 3.05) is 0 Å². The van der Waals surface area contributed by atoms with Gasteiger partial charge in [0.15, 0.2) is 4.77 Å². The molecule has 0 bridgehead atoms. The molecule has 0 unspecified atom stereocenters. The Kier molecular flexibility index (Phi) is 3.73. The van der Waals surface area contributed by atoms with Crippen LogP contribution in [0.1, 0.15) is 11.3 Å². The van der Waals surface area contributed by atoms with Crippen LogP contribution in [0.5, 0.6) is 0 Å². The van der Waals surface area contributed by atoms with Crippen LogP contribution in [0.2, 0.25) is 0 Å². The van der Waals surface area contributed by atoms with Crippen molar-refractivity contribution in [3.8, 4) is 5.69 Å². The van der Waals surface area contributed by atoms with E-state index in [1.165, 1.54) is 4.57 Å². The van der Waals surface area contributed by atoms with E-state index in [1.807, 2.05) is 43.3 Å². The first-order valence-electron chi connectivity index (χ1n) is 6.93. The van der Waals surface area contributed by atoms with Crippen LogP contribution in [-0.4, -0.2) is 14.5 Å². The van der Waals surface area contributed by atoms with E-state index in [0.29, 0.717) is 22.2 Å². The number of nitrogens with one attached hydrogen (secondary N) is 1. The van der Waals surface area contributed by atoms with E-state index < -0.39 is 0 Å². The second-order valence-corrected chi connectivity index (χ2v) is 5.44. The van der Waals surface area contributed by atoms with Gasteiger partial charge in [0.05, 0.1) is 11.1 Å². The number of aromatic nitrogens is 3. The second kappa shape index (κ2) is 5.69. The average Bonchev–Trinajstić information content (AvgIpc) is 2.47. The molecule has 3 rings (SSSR count). The average molecular weight is 309 g/mol. The smallest absolute Gasteiger partial charge is 0.268 e. The largest absolute Gasteiger partial charge is 0.316 e. The summed E-state index contributed by atoms with van der Waals surface area (Å²) in [5.74, 6) is 0. The van der Waals surface area contributed by atoms with Gasteiger partial charge in [-0.25, -0.2) is 4.98 Å². The summed E-state index contributed by atoms with van der Waals surface area (Å²) >= 11 is 5.35. The van der Waals surface area contributed by atoms with Gasteiger partial charge in [-0.15, -0.1) is 6.58 Å². The lowest BCUT2D eigenvalue weighted by Gasteiger charge is -2.10. The Balaban J connectivity index is 2.37. The van der Waals surface area contributed by atoms with Gasteiger partial charge >= 0.3 is 0 Å². The second-order valence-electron chi connectivity index (χ2n) is 5.05. The zero-order chi connectivity index (χ0) is 15.7. The lowest BCUT2D eigenvalue weighted by molar-refractivity contribution is 0.927. The molecule has 1 aromatic carbocycles. The summed E-state index contributed by atoms with van der Waals surface area (Å²) in [7, 11) is 0. The van der Waals surface area contributed by atoms with E-state index in [1.54, 1.807) is 6.08 Å². The van der Waals surface area contributed by atoms with Gasteiger partial charge in [0.1, 0.15) is 5.65 Å². The Morgan fingerprint density at radius 1 is 1.36 bits per heavy atom. The molecule has 110 valence electrons. The molecule has 0 aliphatic heterocycles. The highest BCUT2D eigenvalue weighted by molar-refractivity contribution is 7.71. The Labute approximate surface area is 132 Å². The topological polar surface area (TPSA) is 50.7 Å². The highest BCUT2D eigenvalue weighted by atomic mass is 32.1. The predicted molar refractivity (Wildman–Crippen MR) is 91.2 cm³/mol. The standard InChI is InChI=1S/C17H15N3OS/c1-3-7-12-10-11(2)14-15(18-12)19-17(22)20(16(14)21)13-8-5-4-6-9-13/h3-6,8-10H,1,7H2,2H3,(H,18,19,22). The normalized spacial score (nSPS) is 10.8. The Morgan fingerprint density at radius 3 is 2.77 bits per heavy atom. The van der Waals surface area contributed by atoms with Crippen molar-refractivity contribution < 1.29 is 0 Å². The fraction of sp³-hybridized carbons (Fsp3) is 0.118. The van der Waals surface area contributed by atoms with Crippen LogP contribution in [0.25, 0.3) is 16.7 Å². The molecule has 0 aliphatic carbocycles. The first-order valence-corrected chi connectivity index (χ1v) is 7.34. The van der Waals surface area contributed by atoms with Gasteiger partial charge in [0.2, 0.25) is 0 Å². The molecule has 22 heavy (non-hydrogen) atoms. The fourth-order valence-electron chi connectivity index (χ4n) is 2.53. The summed E-state index contributed by atoms with van der Waals surface area (Å²) in [6, 6.07) is 11.3. The molecule has 3 aromatic rings. The number of benzene rings is 1. The molecule has 0 saturated carbocycles. The van der Waals surface area contributed by atoms with E-state index in [-0.39, 0.29) is 5.56 Å². The number of hydrogen-bond acceptors (Lipinski definition) is 3. The molecule has 1 N–H and O–H groups in total. The molecular weight excluding hydrogens is 294 g/mol. The number of para-hydroxylation sites is 1. The fourth-order valence-corrected chi connectivity index (χ4v) is 2.81. The highest BCUT2D eigenvalue weighted by Gasteiger charge is 2.11. The summed E-state index contributed by atoms with van der Waals surface area (Å²) < 4.78 is 1.84. The van der Waals surface area contributed by atoms with E-state index in [9.17, 15) is 4.79 Å². The number of aromatic amines is 1. The van der Waals surface area contributed by atoms with Gasteiger partial charge in [-0.1, -0.05) is 24.3 Å². The summed E-state index contributed by atoms with van der Waals surface area (Å²) in [5.41, 5.74) is 2.86. The van der Waals surface area contributed by atoms with Gasteiger partial charge in [-0.3, -0.25) is 9.36 Å².